The molecule has 3 heterocycles. The molecule has 0 aliphatic carbocycles. The number of rotatable bonds is 3. The van der Waals surface area contributed by atoms with Crippen LogP contribution < -0.4 is 0 Å². The van der Waals surface area contributed by atoms with Gasteiger partial charge in [-0.25, -0.2) is 8.78 Å². The quantitative estimate of drug-likeness (QED) is 0.801. The van der Waals surface area contributed by atoms with Crippen molar-refractivity contribution in [2.75, 3.05) is 46.3 Å². The summed E-state index contributed by atoms with van der Waals surface area (Å²) < 4.78 is 32.7. The van der Waals surface area contributed by atoms with Crippen molar-refractivity contribution in [2.24, 2.45) is 5.92 Å². The van der Waals surface area contributed by atoms with E-state index >= 15 is 0 Å². The fraction of sp³-hybridized carbons (Fsp3) is 0.650. The van der Waals surface area contributed by atoms with Gasteiger partial charge in [0.25, 0.3) is 5.91 Å². The first-order valence-electron chi connectivity index (χ1n) is 9.78. The lowest BCUT2D eigenvalue weighted by atomic mass is 9.91. The average Bonchev–Trinajstić information content (AvgIpc) is 3.08. The number of carbonyl (C=O) groups is 1. The molecule has 27 heavy (non-hydrogen) atoms. The average molecular weight is 379 g/mol. The molecule has 3 fully saturated rings. The van der Waals surface area contributed by atoms with E-state index in [1.165, 1.54) is 12.1 Å². The zero-order valence-corrected chi connectivity index (χ0v) is 15.7. The van der Waals surface area contributed by atoms with Crippen molar-refractivity contribution in [1.29, 1.82) is 0 Å². The van der Waals surface area contributed by atoms with E-state index in [4.69, 9.17) is 4.74 Å². The van der Waals surface area contributed by atoms with E-state index in [0.717, 1.165) is 57.7 Å². The highest BCUT2D eigenvalue weighted by atomic mass is 19.2. The number of carbonyl (C=O) groups excluding carboxylic acids is 1. The van der Waals surface area contributed by atoms with Gasteiger partial charge in [0.2, 0.25) is 0 Å². The number of hydrogen-bond acceptors (Lipinski definition) is 4. The largest absolute Gasteiger partial charge is 0.364 e. The molecule has 3 atom stereocenters. The van der Waals surface area contributed by atoms with Crippen molar-refractivity contribution in [2.45, 2.75) is 31.6 Å². The molecule has 0 N–H and O–H groups in total. The van der Waals surface area contributed by atoms with Crippen LogP contribution >= 0.6 is 0 Å². The van der Waals surface area contributed by atoms with E-state index in [9.17, 15) is 13.6 Å². The third kappa shape index (κ3) is 4.15. The van der Waals surface area contributed by atoms with Crippen LogP contribution in [0.15, 0.2) is 18.2 Å². The van der Waals surface area contributed by atoms with Crippen LogP contribution in [0, 0.1) is 17.6 Å². The van der Waals surface area contributed by atoms with Gasteiger partial charge in [0.15, 0.2) is 11.6 Å². The van der Waals surface area contributed by atoms with Crippen LogP contribution in [0.5, 0.6) is 0 Å². The van der Waals surface area contributed by atoms with E-state index in [1.54, 1.807) is 6.07 Å². The highest BCUT2D eigenvalue weighted by molar-refractivity contribution is 5.81. The van der Waals surface area contributed by atoms with E-state index in [1.807, 2.05) is 4.90 Å². The van der Waals surface area contributed by atoms with Crippen molar-refractivity contribution >= 4 is 5.91 Å². The van der Waals surface area contributed by atoms with Crippen LogP contribution in [0.1, 0.15) is 18.4 Å². The summed E-state index contributed by atoms with van der Waals surface area (Å²) in [7, 11) is 2.07. The fourth-order valence-corrected chi connectivity index (χ4v) is 4.42. The third-order valence-corrected chi connectivity index (χ3v) is 6.12. The minimum Gasteiger partial charge on any atom is -0.364 e. The predicted octanol–water partition coefficient (Wildman–Crippen LogP) is 1.72. The summed E-state index contributed by atoms with van der Waals surface area (Å²) in [5.74, 6) is -1.09. The topological polar surface area (TPSA) is 36.0 Å². The van der Waals surface area contributed by atoms with Gasteiger partial charge in [-0.1, -0.05) is 6.07 Å². The Morgan fingerprint density at radius 1 is 1.15 bits per heavy atom. The Balaban J connectivity index is 1.32. The molecule has 1 amide bonds. The summed E-state index contributed by atoms with van der Waals surface area (Å²) in [5.41, 5.74) is 0.760. The first-order chi connectivity index (χ1) is 13.0. The number of fused-ring (bicyclic) bond motifs is 1. The molecule has 148 valence electrons. The first-order valence-corrected chi connectivity index (χ1v) is 9.78. The molecule has 0 radical (unpaired) electrons. The lowest BCUT2D eigenvalue weighted by molar-refractivity contribution is -0.145. The van der Waals surface area contributed by atoms with E-state index in [-0.39, 0.29) is 18.1 Å². The number of ether oxygens (including phenoxy) is 1. The van der Waals surface area contributed by atoms with Crippen molar-refractivity contribution in [3.05, 3.63) is 35.4 Å². The van der Waals surface area contributed by atoms with Crippen molar-refractivity contribution in [3.63, 3.8) is 0 Å². The molecule has 0 spiro atoms. The Labute approximate surface area is 158 Å². The molecule has 3 aliphatic heterocycles. The lowest BCUT2D eigenvalue weighted by Crippen LogP contribution is -2.50. The minimum absolute atomic E-state index is 0.0467. The Morgan fingerprint density at radius 3 is 2.67 bits per heavy atom. The number of piperidine rings is 1. The number of likely N-dealkylation sites (tertiary alicyclic amines) is 1. The van der Waals surface area contributed by atoms with Gasteiger partial charge in [-0.2, -0.15) is 0 Å². The maximum absolute atomic E-state index is 13.4. The second-order valence-electron chi connectivity index (χ2n) is 8.06. The van der Waals surface area contributed by atoms with Crippen LogP contribution in [-0.2, 0) is 16.1 Å². The number of halogens is 2. The maximum atomic E-state index is 13.4. The number of amides is 1. The smallest absolute Gasteiger partial charge is 0.251 e. The first kappa shape index (κ1) is 18.8. The Bertz CT molecular complexity index is 694. The second kappa shape index (κ2) is 7.81. The molecule has 0 saturated carbocycles. The molecule has 3 aliphatic rings. The maximum Gasteiger partial charge on any atom is 0.251 e. The van der Waals surface area contributed by atoms with Gasteiger partial charge < -0.3 is 14.5 Å². The van der Waals surface area contributed by atoms with Crippen LogP contribution in [0.25, 0.3) is 0 Å². The molecule has 0 bridgehead atoms. The Hall–Kier alpha value is -1.57. The van der Waals surface area contributed by atoms with Gasteiger partial charge in [0.05, 0.1) is 6.10 Å². The van der Waals surface area contributed by atoms with Gasteiger partial charge in [0, 0.05) is 39.3 Å². The third-order valence-electron chi connectivity index (χ3n) is 6.12. The fourth-order valence-electron chi connectivity index (χ4n) is 4.42. The van der Waals surface area contributed by atoms with Crippen LogP contribution in [0.4, 0.5) is 8.78 Å². The van der Waals surface area contributed by atoms with Crippen molar-refractivity contribution in [1.82, 2.24) is 14.7 Å². The molecule has 5 nitrogen and oxygen atoms in total. The zero-order valence-electron chi connectivity index (χ0n) is 15.7. The van der Waals surface area contributed by atoms with E-state index < -0.39 is 11.6 Å². The van der Waals surface area contributed by atoms with Gasteiger partial charge in [-0.05, 0) is 50.0 Å². The normalized spacial score (nSPS) is 29.7. The van der Waals surface area contributed by atoms with Crippen LogP contribution in [-0.4, -0.2) is 79.1 Å². The van der Waals surface area contributed by atoms with Crippen molar-refractivity contribution < 1.29 is 18.3 Å². The van der Waals surface area contributed by atoms with Crippen LogP contribution in [0.2, 0.25) is 0 Å². The van der Waals surface area contributed by atoms with Gasteiger partial charge in [-0.15, -0.1) is 0 Å². The minimum atomic E-state index is -0.818. The molecule has 0 unspecified atom stereocenters. The standard InChI is InChI=1S/C20H27F2N3O2/c1-23-6-8-25(9-7-23)20(26)18-11-15-4-5-24(13-19(15)27-18)12-14-2-3-16(21)17(22)10-14/h2-3,10,15,18-19H,4-9,11-13H2,1H3/t15-,18+,19+/m0/s1. The number of likely N-dealkylation sites (N-methyl/N-ethyl adjacent to an activating group) is 1. The molecular formula is C20H27F2N3O2. The Morgan fingerprint density at radius 2 is 1.93 bits per heavy atom. The van der Waals surface area contributed by atoms with Crippen molar-refractivity contribution in [3.8, 4) is 0 Å². The van der Waals surface area contributed by atoms with E-state index in [2.05, 4.69) is 16.8 Å². The number of hydrogen-bond donors (Lipinski definition) is 0. The number of piperazine rings is 1. The van der Waals surface area contributed by atoms with Gasteiger partial charge in [-0.3, -0.25) is 9.69 Å². The highest BCUT2D eigenvalue weighted by Gasteiger charge is 2.43. The number of benzene rings is 1. The molecule has 4 rings (SSSR count). The summed E-state index contributed by atoms with van der Waals surface area (Å²) in [6.45, 7) is 5.55. The molecule has 1 aromatic carbocycles. The SMILES string of the molecule is CN1CCN(C(=O)[C@H]2C[C@@H]3CCN(Cc4ccc(F)c(F)c4)C[C@H]3O2)CC1. The van der Waals surface area contributed by atoms with Crippen LogP contribution in [0.3, 0.4) is 0 Å². The summed E-state index contributed by atoms with van der Waals surface area (Å²) in [4.78, 5) is 19.2. The summed E-state index contributed by atoms with van der Waals surface area (Å²) in [6.07, 6.45) is 1.49. The van der Waals surface area contributed by atoms with E-state index in [0.29, 0.717) is 12.5 Å². The second-order valence-corrected chi connectivity index (χ2v) is 8.06. The molecule has 1 aromatic rings. The monoisotopic (exact) mass is 379 g/mol. The molecule has 3 saturated heterocycles. The summed E-state index contributed by atoms with van der Waals surface area (Å²) >= 11 is 0. The molecular weight excluding hydrogens is 352 g/mol. The zero-order chi connectivity index (χ0) is 19.0. The lowest BCUT2D eigenvalue weighted by Gasteiger charge is -2.34. The predicted molar refractivity (Wildman–Crippen MR) is 97.1 cm³/mol. The Kier molecular flexibility index (Phi) is 5.43. The van der Waals surface area contributed by atoms with Gasteiger partial charge >= 0.3 is 0 Å². The molecule has 7 heteroatoms. The highest BCUT2D eigenvalue weighted by Crippen LogP contribution is 2.34. The molecule has 0 aromatic heterocycles. The van der Waals surface area contributed by atoms with Gasteiger partial charge in [0.1, 0.15) is 6.10 Å². The number of nitrogens with zero attached hydrogens (tertiary/aromatic N) is 3. The summed E-state index contributed by atoms with van der Waals surface area (Å²) in [5, 5.41) is 0. The summed E-state index contributed by atoms with van der Waals surface area (Å²) in [6, 6.07) is 4.06.